The summed E-state index contributed by atoms with van der Waals surface area (Å²) < 4.78 is 40.9. The molecule has 192 valence electrons. The summed E-state index contributed by atoms with van der Waals surface area (Å²) in [7, 11) is 0. The molecule has 5 nitrogen and oxygen atoms in total. The Morgan fingerprint density at radius 2 is 1.63 bits per heavy atom. The Kier molecular flexibility index (Phi) is 5.77. The minimum Gasteiger partial charge on any atom is -0.352 e. The number of carbonyl (C=O) groups excluding carboxylic acids is 3. The molecule has 3 heterocycles. The van der Waals surface area contributed by atoms with E-state index in [1.807, 2.05) is 0 Å². The second-order valence-electron chi connectivity index (χ2n) is 9.39. The summed E-state index contributed by atoms with van der Waals surface area (Å²) in [5, 5.41) is 0.424. The third-order valence-electron chi connectivity index (χ3n) is 7.30. The van der Waals surface area contributed by atoms with Crippen molar-refractivity contribution in [3.8, 4) is 0 Å². The Labute approximate surface area is 228 Å². The van der Waals surface area contributed by atoms with Crippen LogP contribution in [0.5, 0.6) is 0 Å². The van der Waals surface area contributed by atoms with Crippen LogP contribution in [0.4, 0.5) is 24.5 Å². The molecule has 3 aliphatic rings. The van der Waals surface area contributed by atoms with Crippen molar-refractivity contribution in [3.63, 3.8) is 0 Å². The molecule has 10 heteroatoms. The first kappa shape index (κ1) is 24.9. The van der Waals surface area contributed by atoms with Crippen molar-refractivity contribution in [2.45, 2.75) is 18.3 Å². The Morgan fingerprint density at radius 3 is 2.34 bits per heavy atom. The van der Waals surface area contributed by atoms with E-state index in [0.717, 1.165) is 33.1 Å². The molecule has 0 N–H and O–H groups in total. The summed E-state index contributed by atoms with van der Waals surface area (Å²) in [4.78, 5) is 44.2. The molecule has 0 saturated carbocycles. The van der Waals surface area contributed by atoms with E-state index in [4.69, 9.17) is 11.6 Å². The van der Waals surface area contributed by atoms with Gasteiger partial charge in [0.15, 0.2) is 5.78 Å². The third-order valence-corrected chi connectivity index (χ3v) is 8.06. The van der Waals surface area contributed by atoms with Crippen molar-refractivity contribution in [2.75, 3.05) is 9.80 Å². The van der Waals surface area contributed by atoms with Crippen LogP contribution in [0.3, 0.4) is 0 Å². The van der Waals surface area contributed by atoms with Gasteiger partial charge in [0, 0.05) is 20.7 Å². The number of Topliss-reactive ketones (excluding diaryl/α,β-unsaturated/α-hetero) is 1. The van der Waals surface area contributed by atoms with Crippen molar-refractivity contribution in [1.29, 1.82) is 0 Å². The number of ketones is 1. The highest BCUT2D eigenvalue weighted by Crippen LogP contribution is 2.50. The Morgan fingerprint density at radius 1 is 0.921 bits per heavy atom. The minimum absolute atomic E-state index is 0.172. The quantitative estimate of drug-likeness (QED) is 0.258. The molecule has 0 aliphatic carbocycles. The maximum Gasteiger partial charge on any atom is 0.416 e. The van der Waals surface area contributed by atoms with E-state index >= 15 is 0 Å². The molecule has 6 rings (SSSR count). The van der Waals surface area contributed by atoms with Crippen molar-refractivity contribution in [3.05, 3.63) is 99.0 Å². The monoisotopic (exact) mass is 600 g/mol. The summed E-state index contributed by atoms with van der Waals surface area (Å²) in [6, 6.07) is 14.2. The first-order valence-electron chi connectivity index (χ1n) is 11.7. The molecular formula is C28H17BrClF3N2O3. The molecule has 3 aliphatic heterocycles. The van der Waals surface area contributed by atoms with E-state index in [1.165, 1.54) is 6.07 Å². The number of nitrogens with zero attached hydrogens (tertiary/aromatic N) is 2. The SMILES string of the molecule is O=C(c1ccc(Br)cc1)[C@@H]1[C@@H]2C(=O)N(c3cccc(C(F)(F)F)c3)C(=O)[C@@H]2[C@@H]2C=Cc3ccc(Cl)cc3N12. The van der Waals surface area contributed by atoms with Crippen LogP contribution >= 0.6 is 27.5 Å². The van der Waals surface area contributed by atoms with Gasteiger partial charge in [-0.2, -0.15) is 13.2 Å². The molecule has 3 aromatic rings. The fraction of sp³-hybridized carbons (Fsp3) is 0.179. The van der Waals surface area contributed by atoms with Gasteiger partial charge in [-0.15, -0.1) is 0 Å². The van der Waals surface area contributed by atoms with Gasteiger partial charge in [0.1, 0.15) is 6.04 Å². The first-order chi connectivity index (χ1) is 18.1. The van der Waals surface area contributed by atoms with Crippen LogP contribution in [-0.2, 0) is 15.8 Å². The summed E-state index contributed by atoms with van der Waals surface area (Å²) in [6.07, 6.45) is -1.08. The average molecular weight is 602 g/mol. The molecule has 4 atom stereocenters. The lowest BCUT2D eigenvalue weighted by atomic mass is 9.86. The number of halogens is 5. The standard InChI is InChI=1S/C28H17BrClF3N2O3/c29-17-8-4-15(5-9-17)25(36)24-23-22(20-11-7-14-6-10-18(30)13-21(14)35(20)24)26(37)34(27(23)38)19-3-1-2-16(12-19)28(31,32)33/h1-13,20,22-24H/t20-,22+,23+,24-/m0/s1. The molecule has 0 bridgehead atoms. The van der Waals surface area contributed by atoms with Gasteiger partial charge in [0.25, 0.3) is 0 Å². The van der Waals surface area contributed by atoms with E-state index in [1.54, 1.807) is 59.5 Å². The Balaban J connectivity index is 1.49. The molecule has 0 radical (unpaired) electrons. The zero-order valence-electron chi connectivity index (χ0n) is 19.3. The number of hydrogen-bond acceptors (Lipinski definition) is 4. The number of carbonyl (C=O) groups is 3. The van der Waals surface area contributed by atoms with Crippen LogP contribution in [0.15, 0.2) is 77.3 Å². The fourth-order valence-corrected chi connectivity index (χ4v) is 6.12. The molecule has 2 saturated heterocycles. The van der Waals surface area contributed by atoms with Crippen LogP contribution in [0.2, 0.25) is 5.02 Å². The number of rotatable bonds is 3. The van der Waals surface area contributed by atoms with Gasteiger partial charge in [-0.25, -0.2) is 4.90 Å². The number of benzene rings is 3. The number of alkyl halides is 3. The van der Waals surface area contributed by atoms with Crippen molar-refractivity contribution in [1.82, 2.24) is 0 Å². The van der Waals surface area contributed by atoms with Crippen LogP contribution in [-0.4, -0.2) is 29.7 Å². The number of fused-ring (bicyclic) bond motifs is 5. The van der Waals surface area contributed by atoms with E-state index < -0.39 is 47.5 Å². The first-order valence-corrected chi connectivity index (χ1v) is 12.8. The molecule has 3 aromatic carbocycles. The number of hydrogen-bond donors (Lipinski definition) is 0. The van der Waals surface area contributed by atoms with Crippen molar-refractivity contribution >= 4 is 62.6 Å². The van der Waals surface area contributed by atoms with E-state index in [-0.39, 0.29) is 11.5 Å². The second kappa shape index (κ2) is 8.81. The van der Waals surface area contributed by atoms with E-state index in [9.17, 15) is 27.6 Å². The van der Waals surface area contributed by atoms with Crippen LogP contribution < -0.4 is 9.80 Å². The summed E-state index contributed by atoms with van der Waals surface area (Å²) in [5.41, 5.74) is 0.579. The van der Waals surface area contributed by atoms with Crippen LogP contribution in [0, 0.1) is 11.8 Å². The highest BCUT2D eigenvalue weighted by Gasteiger charge is 2.64. The lowest BCUT2D eigenvalue weighted by Gasteiger charge is -2.36. The highest BCUT2D eigenvalue weighted by molar-refractivity contribution is 9.10. The van der Waals surface area contributed by atoms with Gasteiger partial charge < -0.3 is 4.90 Å². The molecule has 2 amide bonds. The van der Waals surface area contributed by atoms with Crippen molar-refractivity contribution < 1.29 is 27.6 Å². The van der Waals surface area contributed by atoms with Crippen LogP contribution in [0.25, 0.3) is 6.08 Å². The van der Waals surface area contributed by atoms with E-state index in [2.05, 4.69) is 15.9 Å². The summed E-state index contributed by atoms with van der Waals surface area (Å²) in [5.74, 6) is -3.79. The normalized spacial score (nSPS) is 23.9. The zero-order chi connectivity index (χ0) is 26.9. The molecule has 0 unspecified atom stereocenters. The highest BCUT2D eigenvalue weighted by atomic mass is 79.9. The van der Waals surface area contributed by atoms with Gasteiger partial charge in [0.2, 0.25) is 11.8 Å². The van der Waals surface area contributed by atoms with Gasteiger partial charge in [0.05, 0.1) is 29.1 Å². The third kappa shape index (κ3) is 3.79. The number of amides is 2. The predicted octanol–water partition coefficient (Wildman–Crippen LogP) is 6.39. The maximum absolute atomic E-state index is 14.0. The lowest BCUT2D eigenvalue weighted by molar-refractivity contribution is -0.137. The topological polar surface area (TPSA) is 57.7 Å². The maximum atomic E-state index is 14.0. The summed E-state index contributed by atoms with van der Waals surface area (Å²) >= 11 is 9.63. The second-order valence-corrected chi connectivity index (χ2v) is 10.7. The molecule has 0 spiro atoms. The number of imide groups is 1. The van der Waals surface area contributed by atoms with Gasteiger partial charge in [-0.3, -0.25) is 14.4 Å². The molecular weight excluding hydrogens is 585 g/mol. The van der Waals surface area contributed by atoms with Gasteiger partial charge >= 0.3 is 6.18 Å². The molecule has 2 fully saturated rings. The predicted molar refractivity (Wildman–Crippen MR) is 140 cm³/mol. The van der Waals surface area contributed by atoms with E-state index in [0.29, 0.717) is 16.3 Å². The minimum atomic E-state index is -4.65. The average Bonchev–Trinajstić information content (AvgIpc) is 3.36. The fourth-order valence-electron chi connectivity index (χ4n) is 5.69. The number of anilines is 2. The largest absolute Gasteiger partial charge is 0.416 e. The van der Waals surface area contributed by atoms with Crippen LogP contribution in [0.1, 0.15) is 21.5 Å². The van der Waals surface area contributed by atoms with Crippen molar-refractivity contribution in [2.24, 2.45) is 11.8 Å². The smallest absolute Gasteiger partial charge is 0.352 e. The summed E-state index contributed by atoms with van der Waals surface area (Å²) in [6.45, 7) is 0. The molecule has 38 heavy (non-hydrogen) atoms. The van der Waals surface area contributed by atoms with Gasteiger partial charge in [-0.1, -0.05) is 63.9 Å². The van der Waals surface area contributed by atoms with Gasteiger partial charge in [-0.05, 0) is 48.0 Å². The zero-order valence-corrected chi connectivity index (χ0v) is 21.7. The molecule has 0 aromatic heterocycles. The Hall–Kier alpha value is -3.43. The Bertz CT molecular complexity index is 1540. The lowest BCUT2D eigenvalue weighted by Crippen LogP contribution is -2.48.